The first-order valence-electron chi connectivity index (χ1n) is 6.13. The Labute approximate surface area is 110 Å². The van der Waals surface area contributed by atoms with Crippen molar-refractivity contribution in [3.63, 3.8) is 0 Å². The van der Waals surface area contributed by atoms with Crippen molar-refractivity contribution in [2.75, 3.05) is 11.9 Å². The molecule has 0 aliphatic carbocycles. The molecular weight excluding hydrogens is 238 g/mol. The second-order valence-electron chi connectivity index (χ2n) is 4.11. The van der Waals surface area contributed by atoms with Gasteiger partial charge < -0.3 is 5.32 Å². The molecule has 5 heteroatoms. The lowest BCUT2D eigenvalue weighted by Crippen LogP contribution is -2.07. The van der Waals surface area contributed by atoms with Gasteiger partial charge in [-0.25, -0.2) is 19.9 Å². The van der Waals surface area contributed by atoms with Crippen molar-refractivity contribution in [2.45, 2.75) is 6.42 Å². The van der Waals surface area contributed by atoms with Crippen LogP contribution in [0.2, 0.25) is 0 Å². The Kier molecular flexibility index (Phi) is 3.27. The number of hydrogen-bond donors (Lipinski definition) is 1. The summed E-state index contributed by atoms with van der Waals surface area (Å²) >= 11 is 0. The monoisotopic (exact) mass is 251 g/mol. The number of nitrogens with zero attached hydrogens (tertiary/aromatic N) is 4. The number of fused-ring (bicyclic) bond motifs is 1. The van der Waals surface area contributed by atoms with E-state index in [2.05, 4.69) is 37.4 Å². The predicted octanol–water partition coefficient (Wildman–Crippen LogP) is 2.07. The van der Waals surface area contributed by atoms with Crippen LogP contribution >= 0.6 is 0 Å². The average molecular weight is 251 g/mol. The molecule has 0 radical (unpaired) electrons. The summed E-state index contributed by atoms with van der Waals surface area (Å²) in [4.78, 5) is 16.7. The number of rotatable bonds is 4. The number of benzene rings is 1. The molecule has 0 aliphatic rings. The zero-order valence-electron chi connectivity index (χ0n) is 10.3. The Morgan fingerprint density at radius 3 is 2.63 bits per heavy atom. The number of anilines is 1. The number of hydrogen-bond acceptors (Lipinski definition) is 5. The Morgan fingerprint density at radius 1 is 0.895 bits per heavy atom. The maximum atomic E-state index is 4.26. The lowest BCUT2D eigenvalue weighted by molar-refractivity contribution is 1.00. The van der Waals surface area contributed by atoms with E-state index in [0.29, 0.717) is 11.2 Å². The van der Waals surface area contributed by atoms with Crippen molar-refractivity contribution < 1.29 is 0 Å². The zero-order valence-corrected chi connectivity index (χ0v) is 10.3. The largest absolute Gasteiger partial charge is 0.368 e. The van der Waals surface area contributed by atoms with Crippen molar-refractivity contribution in [1.82, 2.24) is 19.9 Å². The zero-order chi connectivity index (χ0) is 12.9. The molecule has 3 aromatic rings. The molecule has 3 rings (SSSR count). The van der Waals surface area contributed by atoms with Crippen molar-refractivity contribution in [2.24, 2.45) is 0 Å². The Bertz CT molecular complexity index is 664. The van der Waals surface area contributed by atoms with E-state index in [0.717, 1.165) is 18.8 Å². The van der Waals surface area contributed by atoms with Crippen LogP contribution in [0.25, 0.3) is 11.2 Å². The summed E-state index contributed by atoms with van der Waals surface area (Å²) in [5, 5.41) is 3.28. The summed E-state index contributed by atoms with van der Waals surface area (Å²) in [6.45, 7) is 0.798. The SMILES string of the molecule is c1ccc(CCNc2ncnc3nccnc23)cc1. The molecule has 1 N–H and O–H groups in total. The fourth-order valence-electron chi connectivity index (χ4n) is 1.89. The van der Waals surface area contributed by atoms with Gasteiger partial charge in [0, 0.05) is 18.9 Å². The van der Waals surface area contributed by atoms with Crippen molar-refractivity contribution >= 4 is 17.0 Å². The molecular formula is C14H13N5. The number of aromatic nitrogens is 4. The average Bonchev–Trinajstić information content (AvgIpc) is 2.49. The molecule has 0 bridgehead atoms. The molecule has 19 heavy (non-hydrogen) atoms. The van der Waals surface area contributed by atoms with E-state index in [4.69, 9.17) is 0 Å². The molecule has 0 aliphatic heterocycles. The number of nitrogens with one attached hydrogen (secondary N) is 1. The van der Waals surface area contributed by atoms with E-state index in [1.54, 1.807) is 12.4 Å². The van der Waals surface area contributed by atoms with Crippen molar-refractivity contribution in [3.05, 3.63) is 54.6 Å². The molecule has 0 saturated heterocycles. The highest BCUT2D eigenvalue weighted by molar-refractivity contribution is 5.81. The van der Waals surface area contributed by atoms with Gasteiger partial charge in [-0.3, -0.25) is 0 Å². The molecule has 0 saturated carbocycles. The smallest absolute Gasteiger partial charge is 0.183 e. The third-order valence-corrected chi connectivity index (χ3v) is 2.82. The van der Waals surface area contributed by atoms with Gasteiger partial charge in [0.25, 0.3) is 0 Å². The van der Waals surface area contributed by atoms with Crippen molar-refractivity contribution in [1.29, 1.82) is 0 Å². The maximum absolute atomic E-state index is 4.26. The van der Waals surface area contributed by atoms with E-state index in [1.807, 2.05) is 18.2 Å². The van der Waals surface area contributed by atoms with Gasteiger partial charge in [0.2, 0.25) is 0 Å². The lowest BCUT2D eigenvalue weighted by Gasteiger charge is -2.06. The predicted molar refractivity (Wildman–Crippen MR) is 73.8 cm³/mol. The Balaban J connectivity index is 1.72. The first kappa shape index (κ1) is 11.5. The first-order valence-corrected chi connectivity index (χ1v) is 6.13. The molecule has 0 spiro atoms. The van der Waals surface area contributed by atoms with Gasteiger partial charge in [-0.05, 0) is 12.0 Å². The quantitative estimate of drug-likeness (QED) is 0.769. The van der Waals surface area contributed by atoms with E-state index in [9.17, 15) is 0 Å². The maximum Gasteiger partial charge on any atom is 0.183 e. The molecule has 2 aromatic heterocycles. The van der Waals surface area contributed by atoms with Gasteiger partial charge in [-0.2, -0.15) is 0 Å². The third kappa shape index (κ3) is 2.65. The Morgan fingerprint density at radius 2 is 1.74 bits per heavy atom. The van der Waals surface area contributed by atoms with Gasteiger partial charge >= 0.3 is 0 Å². The first-order chi connectivity index (χ1) is 9.43. The summed E-state index contributed by atoms with van der Waals surface area (Å²) in [5.41, 5.74) is 2.61. The van der Waals surface area contributed by atoms with E-state index in [-0.39, 0.29) is 0 Å². The van der Waals surface area contributed by atoms with E-state index >= 15 is 0 Å². The van der Waals surface area contributed by atoms with Crippen LogP contribution in [-0.4, -0.2) is 26.5 Å². The second-order valence-corrected chi connectivity index (χ2v) is 4.11. The highest BCUT2D eigenvalue weighted by atomic mass is 15.1. The van der Waals surface area contributed by atoms with Gasteiger partial charge in [0.15, 0.2) is 11.5 Å². The van der Waals surface area contributed by atoms with Crippen LogP contribution in [0.15, 0.2) is 49.1 Å². The normalized spacial score (nSPS) is 10.5. The molecule has 1 aromatic carbocycles. The summed E-state index contributed by atoms with van der Waals surface area (Å²) in [6.07, 6.45) is 5.71. The molecule has 0 amide bonds. The van der Waals surface area contributed by atoms with E-state index in [1.165, 1.54) is 11.9 Å². The van der Waals surface area contributed by atoms with E-state index < -0.39 is 0 Å². The minimum Gasteiger partial charge on any atom is -0.368 e. The lowest BCUT2D eigenvalue weighted by atomic mass is 10.1. The van der Waals surface area contributed by atoms with Gasteiger partial charge in [0.1, 0.15) is 11.8 Å². The second kappa shape index (κ2) is 5.39. The minimum atomic E-state index is 0.611. The molecule has 0 atom stereocenters. The standard InChI is InChI=1S/C14H13N5/c1-2-4-11(5-3-1)6-7-16-13-12-14(19-10-18-13)17-9-8-15-12/h1-5,8-10H,6-7H2,(H,16,17,18,19). The fraction of sp³-hybridized carbons (Fsp3) is 0.143. The van der Waals surface area contributed by atoms with Crippen molar-refractivity contribution in [3.8, 4) is 0 Å². The topological polar surface area (TPSA) is 63.6 Å². The van der Waals surface area contributed by atoms with Crippen LogP contribution in [0.5, 0.6) is 0 Å². The Hall–Kier alpha value is -2.56. The van der Waals surface area contributed by atoms with Gasteiger partial charge in [0.05, 0.1) is 0 Å². The molecule has 5 nitrogen and oxygen atoms in total. The van der Waals surface area contributed by atoms with Gasteiger partial charge in [-0.1, -0.05) is 30.3 Å². The van der Waals surface area contributed by atoms with Crippen LogP contribution in [0.1, 0.15) is 5.56 Å². The van der Waals surface area contributed by atoms with Crippen LogP contribution in [0.4, 0.5) is 5.82 Å². The minimum absolute atomic E-state index is 0.611. The van der Waals surface area contributed by atoms with Crippen LogP contribution < -0.4 is 5.32 Å². The molecule has 0 unspecified atom stereocenters. The highest BCUT2D eigenvalue weighted by Crippen LogP contribution is 2.13. The van der Waals surface area contributed by atoms with Crippen LogP contribution in [-0.2, 0) is 6.42 Å². The summed E-state index contributed by atoms with van der Waals surface area (Å²) in [6, 6.07) is 10.3. The van der Waals surface area contributed by atoms with Gasteiger partial charge in [-0.15, -0.1) is 0 Å². The van der Waals surface area contributed by atoms with Crippen LogP contribution in [0, 0.1) is 0 Å². The van der Waals surface area contributed by atoms with Crippen LogP contribution in [0.3, 0.4) is 0 Å². The third-order valence-electron chi connectivity index (χ3n) is 2.82. The molecule has 0 fully saturated rings. The summed E-state index contributed by atoms with van der Waals surface area (Å²) < 4.78 is 0. The summed E-state index contributed by atoms with van der Waals surface area (Å²) in [5.74, 6) is 0.731. The highest BCUT2D eigenvalue weighted by Gasteiger charge is 2.04. The summed E-state index contributed by atoms with van der Waals surface area (Å²) in [7, 11) is 0. The molecule has 94 valence electrons. The fourth-order valence-corrected chi connectivity index (χ4v) is 1.89. The molecule has 2 heterocycles.